The summed E-state index contributed by atoms with van der Waals surface area (Å²) in [6.07, 6.45) is 0.929. The number of halogens is 2. The fourth-order valence-corrected chi connectivity index (χ4v) is 3.96. The molecule has 0 unspecified atom stereocenters. The molecule has 0 spiro atoms. The maximum atomic E-state index is 4.29. The van der Waals surface area contributed by atoms with Gasteiger partial charge < -0.3 is 5.32 Å². The summed E-state index contributed by atoms with van der Waals surface area (Å²) in [5.74, 6) is 0.679. The normalized spacial score (nSPS) is 11.2. The molecule has 0 radical (unpaired) electrons. The molecule has 1 N–H and O–H groups in total. The number of aromatic nitrogens is 2. The second kappa shape index (κ2) is 7.64. The van der Waals surface area contributed by atoms with Crippen LogP contribution in [0.25, 0.3) is 10.6 Å². The zero-order valence-corrected chi connectivity index (χ0v) is 15.5. The second-order valence-electron chi connectivity index (χ2n) is 4.97. The van der Waals surface area contributed by atoms with Crippen LogP contribution in [0.2, 0.25) is 0 Å². The molecule has 0 bridgehead atoms. The summed E-state index contributed by atoms with van der Waals surface area (Å²) in [6.45, 7) is 6.42. The number of rotatable bonds is 6. The first kappa shape index (κ1) is 16.1. The van der Waals surface area contributed by atoms with Crippen molar-refractivity contribution < 1.29 is 0 Å². The standard InChI is InChI=1S/C14H17Br2N3S/c1-9(2)8-17-6-5-13-18-19-14(20-13)11-4-3-10(15)7-12(11)16/h3-4,7,9,17H,5-6,8H2,1-2H3. The van der Waals surface area contributed by atoms with Crippen molar-refractivity contribution in [1.29, 1.82) is 0 Å². The molecule has 0 aliphatic carbocycles. The van der Waals surface area contributed by atoms with Crippen molar-refractivity contribution in [2.24, 2.45) is 5.92 Å². The molecule has 2 rings (SSSR count). The van der Waals surface area contributed by atoms with Crippen LogP contribution in [0.5, 0.6) is 0 Å². The fraction of sp³-hybridized carbons (Fsp3) is 0.429. The first-order chi connectivity index (χ1) is 9.56. The van der Waals surface area contributed by atoms with Crippen LogP contribution in [-0.2, 0) is 6.42 Å². The van der Waals surface area contributed by atoms with Gasteiger partial charge in [0.05, 0.1) is 0 Å². The smallest absolute Gasteiger partial charge is 0.148 e. The van der Waals surface area contributed by atoms with Gasteiger partial charge in [-0.1, -0.05) is 57.0 Å². The molecule has 0 saturated heterocycles. The Morgan fingerprint density at radius 1 is 1.25 bits per heavy atom. The van der Waals surface area contributed by atoms with Gasteiger partial charge in [0, 0.05) is 27.5 Å². The average molecular weight is 419 g/mol. The Morgan fingerprint density at radius 3 is 2.75 bits per heavy atom. The minimum atomic E-state index is 0.679. The van der Waals surface area contributed by atoms with Gasteiger partial charge in [0.15, 0.2) is 0 Å². The predicted molar refractivity (Wildman–Crippen MR) is 92.2 cm³/mol. The van der Waals surface area contributed by atoms with Crippen molar-refractivity contribution in [3.63, 3.8) is 0 Å². The third-order valence-electron chi connectivity index (χ3n) is 2.70. The molecular formula is C14H17Br2N3S. The molecule has 20 heavy (non-hydrogen) atoms. The van der Waals surface area contributed by atoms with Crippen LogP contribution in [0.4, 0.5) is 0 Å². The van der Waals surface area contributed by atoms with Crippen LogP contribution in [0, 0.1) is 5.92 Å². The summed E-state index contributed by atoms with van der Waals surface area (Å²) in [5, 5.41) is 14.0. The topological polar surface area (TPSA) is 37.8 Å². The zero-order valence-electron chi connectivity index (χ0n) is 11.5. The van der Waals surface area contributed by atoms with Gasteiger partial charge in [0.1, 0.15) is 10.0 Å². The van der Waals surface area contributed by atoms with E-state index >= 15 is 0 Å². The van der Waals surface area contributed by atoms with E-state index in [9.17, 15) is 0 Å². The monoisotopic (exact) mass is 417 g/mol. The van der Waals surface area contributed by atoms with E-state index < -0.39 is 0 Å². The van der Waals surface area contributed by atoms with Crippen molar-refractivity contribution in [3.8, 4) is 10.6 Å². The molecular weight excluding hydrogens is 402 g/mol. The summed E-state index contributed by atoms with van der Waals surface area (Å²) in [7, 11) is 0. The van der Waals surface area contributed by atoms with Crippen LogP contribution in [-0.4, -0.2) is 23.3 Å². The van der Waals surface area contributed by atoms with Crippen LogP contribution in [0.15, 0.2) is 27.1 Å². The van der Waals surface area contributed by atoms with Crippen LogP contribution in [0.3, 0.4) is 0 Å². The highest BCUT2D eigenvalue weighted by Crippen LogP contribution is 2.32. The number of benzene rings is 1. The van der Waals surface area contributed by atoms with Gasteiger partial charge in [-0.15, -0.1) is 10.2 Å². The van der Waals surface area contributed by atoms with E-state index in [1.165, 1.54) is 0 Å². The lowest BCUT2D eigenvalue weighted by Crippen LogP contribution is -2.22. The third-order valence-corrected chi connectivity index (χ3v) is 4.86. The van der Waals surface area contributed by atoms with Gasteiger partial charge in [0.25, 0.3) is 0 Å². The van der Waals surface area contributed by atoms with E-state index in [4.69, 9.17) is 0 Å². The number of nitrogens with zero attached hydrogens (tertiary/aromatic N) is 2. The number of hydrogen-bond acceptors (Lipinski definition) is 4. The van der Waals surface area contributed by atoms with Crippen molar-refractivity contribution in [3.05, 3.63) is 32.2 Å². The van der Waals surface area contributed by atoms with Gasteiger partial charge >= 0.3 is 0 Å². The van der Waals surface area contributed by atoms with Gasteiger partial charge in [-0.25, -0.2) is 0 Å². The Labute approximate surface area is 140 Å². The number of hydrogen-bond donors (Lipinski definition) is 1. The Morgan fingerprint density at radius 2 is 2.05 bits per heavy atom. The lowest BCUT2D eigenvalue weighted by atomic mass is 10.2. The Balaban J connectivity index is 1.98. The maximum absolute atomic E-state index is 4.29. The lowest BCUT2D eigenvalue weighted by molar-refractivity contribution is 0.553. The molecule has 0 saturated carbocycles. The maximum Gasteiger partial charge on any atom is 0.148 e. The van der Waals surface area contributed by atoms with Crippen molar-refractivity contribution in [2.45, 2.75) is 20.3 Å². The highest BCUT2D eigenvalue weighted by atomic mass is 79.9. The summed E-state index contributed by atoms with van der Waals surface area (Å²) in [5.41, 5.74) is 1.09. The Kier molecular flexibility index (Phi) is 6.14. The first-order valence-electron chi connectivity index (χ1n) is 6.55. The van der Waals surface area contributed by atoms with Crippen molar-refractivity contribution in [2.75, 3.05) is 13.1 Å². The van der Waals surface area contributed by atoms with Gasteiger partial charge in [-0.2, -0.15) is 0 Å². The van der Waals surface area contributed by atoms with Crippen LogP contribution >= 0.6 is 43.2 Å². The molecule has 2 aromatic rings. The average Bonchev–Trinajstić information content (AvgIpc) is 2.83. The summed E-state index contributed by atoms with van der Waals surface area (Å²) >= 11 is 8.68. The SMILES string of the molecule is CC(C)CNCCc1nnc(-c2ccc(Br)cc2Br)s1. The third kappa shape index (κ3) is 4.62. The summed E-state index contributed by atoms with van der Waals surface area (Å²) in [6, 6.07) is 6.10. The highest BCUT2D eigenvalue weighted by molar-refractivity contribution is 9.11. The largest absolute Gasteiger partial charge is 0.316 e. The second-order valence-corrected chi connectivity index (χ2v) is 7.81. The van der Waals surface area contributed by atoms with Crippen molar-refractivity contribution in [1.82, 2.24) is 15.5 Å². The summed E-state index contributed by atoms with van der Waals surface area (Å²) in [4.78, 5) is 0. The Bertz CT molecular complexity index is 569. The molecule has 1 aromatic heterocycles. The van der Waals surface area contributed by atoms with Crippen LogP contribution in [0.1, 0.15) is 18.9 Å². The molecule has 0 fully saturated rings. The predicted octanol–water partition coefficient (Wildman–Crippen LogP) is 4.52. The zero-order chi connectivity index (χ0) is 14.5. The minimum Gasteiger partial charge on any atom is -0.316 e. The molecule has 6 heteroatoms. The van der Waals surface area contributed by atoms with Gasteiger partial charge in [0.2, 0.25) is 0 Å². The quantitative estimate of drug-likeness (QED) is 0.700. The van der Waals surface area contributed by atoms with Gasteiger partial charge in [-0.3, -0.25) is 0 Å². The number of nitrogens with one attached hydrogen (secondary N) is 1. The lowest BCUT2D eigenvalue weighted by Gasteiger charge is -2.05. The minimum absolute atomic E-state index is 0.679. The molecule has 3 nitrogen and oxygen atoms in total. The van der Waals surface area contributed by atoms with Crippen LogP contribution < -0.4 is 5.32 Å². The molecule has 108 valence electrons. The molecule has 0 aliphatic rings. The van der Waals surface area contributed by atoms with E-state index in [1.807, 2.05) is 12.1 Å². The van der Waals surface area contributed by atoms with E-state index in [0.29, 0.717) is 5.92 Å². The molecule has 0 aliphatic heterocycles. The first-order valence-corrected chi connectivity index (χ1v) is 8.95. The highest BCUT2D eigenvalue weighted by Gasteiger charge is 2.10. The molecule has 1 heterocycles. The summed E-state index contributed by atoms with van der Waals surface area (Å²) < 4.78 is 2.09. The van der Waals surface area contributed by atoms with E-state index in [1.54, 1.807) is 11.3 Å². The Hall–Kier alpha value is -0.300. The van der Waals surface area contributed by atoms with E-state index in [0.717, 1.165) is 44.0 Å². The van der Waals surface area contributed by atoms with E-state index in [2.05, 4.69) is 67.3 Å². The van der Waals surface area contributed by atoms with E-state index in [-0.39, 0.29) is 0 Å². The fourth-order valence-electron chi connectivity index (χ4n) is 1.71. The molecule has 0 amide bonds. The van der Waals surface area contributed by atoms with Gasteiger partial charge in [-0.05, 0) is 30.7 Å². The molecule has 1 aromatic carbocycles. The van der Waals surface area contributed by atoms with Crippen molar-refractivity contribution >= 4 is 43.2 Å². The molecule has 0 atom stereocenters.